The molecule has 1 aromatic heterocycles. The summed E-state index contributed by atoms with van der Waals surface area (Å²) in [5.74, 6) is 1.54. The molecular weight excluding hydrogens is 331 g/mol. The molecule has 2 aromatic rings. The van der Waals surface area contributed by atoms with Crippen LogP contribution in [0.4, 0.5) is 4.39 Å². The van der Waals surface area contributed by atoms with E-state index in [0.717, 1.165) is 23.3 Å². The van der Waals surface area contributed by atoms with Gasteiger partial charge in [-0.2, -0.15) is 0 Å². The van der Waals surface area contributed by atoms with Crippen molar-refractivity contribution in [2.45, 2.75) is 38.1 Å². The van der Waals surface area contributed by atoms with E-state index in [9.17, 15) is 4.39 Å². The van der Waals surface area contributed by atoms with Crippen molar-refractivity contribution < 1.29 is 4.39 Å². The number of alkyl halides is 1. The number of rotatable bonds is 2. The molecule has 2 nitrogen and oxygen atoms in total. The van der Waals surface area contributed by atoms with Crippen LogP contribution in [0.25, 0.3) is 11.0 Å². The Morgan fingerprint density at radius 3 is 2.89 bits per heavy atom. The molecule has 1 aliphatic carbocycles. The van der Waals surface area contributed by atoms with Crippen LogP contribution in [0.1, 0.15) is 38.1 Å². The van der Waals surface area contributed by atoms with Gasteiger partial charge in [0.05, 0.1) is 21.4 Å². The monoisotopic (exact) mass is 344 g/mol. The highest BCUT2D eigenvalue weighted by atomic mass is 79.9. The number of fused-ring (bicyclic) bond motifs is 1. The molecule has 1 aromatic carbocycles. The molecule has 1 heterocycles. The minimum absolute atomic E-state index is 0.250. The number of hydrogen-bond donors (Lipinski definition) is 0. The fraction of sp³-hybridized carbons (Fsp3) is 0.500. The maximum Gasteiger partial charge on any atom is 0.139 e. The summed E-state index contributed by atoms with van der Waals surface area (Å²) in [5.41, 5.74) is 1.66. The number of aromatic nitrogens is 2. The van der Waals surface area contributed by atoms with E-state index in [4.69, 9.17) is 11.6 Å². The molecule has 0 aliphatic heterocycles. The summed E-state index contributed by atoms with van der Waals surface area (Å²) in [6.45, 7) is 2.25. The van der Waals surface area contributed by atoms with Gasteiger partial charge in [0.2, 0.25) is 0 Å². The summed E-state index contributed by atoms with van der Waals surface area (Å²) in [5, 5.41) is 0. The van der Waals surface area contributed by atoms with E-state index in [0.29, 0.717) is 22.3 Å². The van der Waals surface area contributed by atoms with E-state index in [1.807, 2.05) is 0 Å². The molecule has 1 fully saturated rings. The number of imidazole rings is 1. The Morgan fingerprint density at radius 1 is 1.47 bits per heavy atom. The number of halogens is 3. The summed E-state index contributed by atoms with van der Waals surface area (Å²) in [7, 11) is 0. The largest absolute Gasteiger partial charge is 0.323 e. The second-order valence-corrected chi connectivity index (χ2v) is 6.38. The topological polar surface area (TPSA) is 17.8 Å². The van der Waals surface area contributed by atoms with Crippen LogP contribution in [0.15, 0.2) is 16.6 Å². The maximum atomic E-state index is 13.8. The fourth-order valence-electron chi connectivity index (χ4n) is 3.11. The van der Waals surface area contributed by atoms with Crippen molar-refractivity contribution in [2.24, 2.45) is 5.92 Å². The molecule has 0 N–H and O–H groups in total. The molecule has 5 heteroatoms. The number of benzene rings is 1. The Labute approximate surface area is 125 Å². The van der Waals surface area contributed by atoms with E-state index in [-0.39, 0.29) is 5.82 Å². The summed E-state index contributed by atoms with van der Waals surface area (Å²) in [6, 6.07) is 3.68. The quantitative estimate of drug-likeness (QED) is 0.697. The lowest BCUT2D eigenvalue weighted by Gasteiger charge is -2.20. The van der Waals surface area contributed by atoms with Crippen molar-refractivity contribution in [1.82, 2.24) is 9.55 Å². The molecule has 1 aliphatic rings. The van der Waals surface area contributed by atoms with Crippen LogP contribution in [-0.2, 0) is 5.88 Å². The molecule has 0 saturated heterocycles. The van der Waals surface area contributed by atoms with Crippen molar-refractivity contribution in [1.29, 1.82) is 0 Å². The van der Waals surface area contributed by atoms with Gasteiger partial charge < -0.3 is 4.57 Å². The highest BCUT2D eigenvalue weighted by molar-refractivity contribution is 9.10. The summed E-state index contributed by atoms with van der Waals surface area (Å²) >= 11 is 9.23. The SMILES string of the molecule is CC1CCCC1n1c(CCl)nc2cc(Br)c(F)cc21. The van der Waals surface area contributed by atoms with Crippen LogP contribution in [0.5, 0.6) is 0 Å². The fourth-order valence-corrected chi connectivity index (χ4v) is 3.63. The van der Waals surface area contributed by atoms with Crippen LogP contribution in [0.3, 0.4) is 0 Å². The van der Waals surface area contributed by atoms with Crippen molar-refractivity contribution in [2.75, 3.05) is 0 Å². The van der Waals surface area contributed by atoms with E-state index in [1.165, 1.54) is 12.8 Å². The van der Waals surface area contributed by atoms with E-state index >= 15 is 0 Å². The second kappa shape index (κ2) is 5.06. The van der Waals surface area contributed by atoms with Crippen molar-refractivity contribution in [3.8, 4) is 0 Å². The normalized spacial score (nSPS) is 23.4. The third-order valence-electron chi connectivity index (χ3n) is 4.07. The number of hydrogen-bond acceptors (Lipinski definition) is 1. The van der Waals surface area contributed by atoms with Gasteiger partial charge in [-0.25, -0.2) is 9.37 Å². The van der Waals surface area contributed by atoms with Gasteiger partial charge in [0, 0.05) is 12.1 Å². The van der Waals surface area contributed by atoms with Crippen molar-refractivity contribution in [3.05, 3.63) is 28.2 Å². The Balaban J connectivity index is 2.23. The third kappa shape index (κ3) is 2.19. The van der Waals surface area contributed by atoms with Crippen LogP contribution >= 0.6 is 27.5 Å². The lowest BCUT2D eigenvalue weighted by Crippen LogP contribution is -2.14. The second-order valence-electron chi connectivity index (χ2n) is 5.26. The average Bonchev–Trinajstić information content (AvgIpc) is 2.93. The van der Waals surface area contributed by atoms with Crippen molar-refractivity contribution in [3.63, 3.8) is 0 Å². The zero-order valence-electron chi connectivity index (χ0n) is 10.7. The van der Waals surface area contributed by atoms with Gasteiger partial charge in [-0.15, -0.1) is 11.6 Å². The Morgan fingerprint density at radius 2 is 2.26 bits per heavy atom. The molecule has 0 amide bonds. The molecule has 0 radical (unpaired) electrons. The van der Waals surface area contributed by atoms with Gasteiger partial charge in [0.15, 0.2) is 0 Å². The summed E-state index contributed by atoms with van der Waals surface area (Å²) in [6.07, 6.45) is 3.55. The van der Waals surface area contributed by atoms with Crippen LogP contribution in [-0.4, -0.2) is 9.55 Å². The molecule has 0 bridgehead atoms. The van der Waals surface area contributed by atoms with Gasteiger partial charge in [-0.05, 0) is 40.8 Å². The minimum atomic E-state index is -0.250. The average molecular weight is 346 g/mol. The van der Waals surface area contributed by atoms with Gasteiger partial charge in [-0.1, -0.05) is 13.3 Å². The molecule has 2 atom stereocenters. The minimum Gasteiger partial charge on any atom is -0.323 e. The first-order valence-corrected chi connectivity index (χ1v) is 7.86. The van der Waals surface area contributed by atoms with Crippen LogP contribution < -0.4 is 0 Å². The van der Waals surface area contributed by atoms with Gasteiger partial charge in [0.1, 0.15) is 11.6 Å². The lowest BCUT2D eigenvalue weighted by molar-refractivity contribution is 0.408. The maximum absolute atomic E-state index is 13.8. The first-order chi connectivity index (χ1) is 9.11. The first-order valence-electron chi connectivity index (χ1n) is 6.53. The molecule has 1 saturated carbocycles. The molecular formula is C14H15BrClFN2. The van der Waals surface area contributed by atoms with Crippen LogP contribution in [0, 0.1) is 11.7 Å². The Bertz CT molecular complexity index is 625. The van der Waals surface area contributed by atoms with E-state index < -0.39 is 0 Å². The van der Waals surface area contributed by atoms with Gasteiger partial charge in [0.25, 0.3) is 0 Å². The standard InChI is InChI=1S/C14H15BrClFN2/c1-8-3-2-4-12(8)19-13-6-10(17)9(15)5-11(13)18-14(19)7-16/h5-6,8,12H,2-4,7H2,1H3. The van der Waals surface area contributed by atoms with Crippen molar-refractivity contribution >= 4 is 38.6 Å². The Kier molecular flexibility index (Phi) is 3.56. The molecule has 0 spiro atoms. The summed E-state index contributed by atoms with van der Waals surface area (Å²) in [4.78, 5) is 4.55. The first kappa shape index (κ1) is 13.4. The molecule has 3 rings (SSSR count). The summed E-state index contributed by atoms with van der Waals surface area (Å²) < 4.78 is 16.4. The highest BCUT2D eigenvalue weighted by Gasteiger charge is 2.28. The third-order valence-corrected chi connectivity index (χ3v) is 4.92. The van der Waals surface area contributed by atoms with E-state index in [1.54, 1.807) is 12.1 Å². The van der Waals surface area contributed by atoms with Crippen LogP contribution in [0.2, 0.25) is 0 Å². The van der Waals surface area contributed by atoms with Gasteiger partial charge in [-0.3, -0.25) is 0 Å². The molecule has 19 heavy (non-hydrogen) atoms. The van der Waals surface area contributed by atoms with Gasteiger partial charge >= 0.3 is 0 Å². The zero-order valence-corrected chi connectivity index (χ0v) is 13.0. The Hall–Kier alpha value is -0.610. The molecule has 102 valence electrons. The predicted octanol–water partition coefficient (Wildman–Crippen LogP) is 5.04. The smallest absolute Gasteiger partial charge is 0.139 e. The predicted molar refractivity (Wildman–Crippen MR) is 79.0 cm³/mol. The lowest BCUT2D eigenvalue weighted by atomic mass is 10.1. The highest BCUT2D eigenvalue weighted by Crippen LogP contribution is 2.39. The van der Waals surface area contributed by atoms with E-state index in [2.05, 4.69) is 32.4 Å². The zero-order chi connectivity index (χ0) is 13.6. The number of nitrogens with zero attached hydrogens (tertiary/aromatic N) is 2. The molecule has 2 unspecified atom stereocenters.